The highest BCUT2D eigenvalue weighted by Gasteiger charge is 2.18. The fourth-order valence-electron chi connectivity index (χ4n) is 3.08. The Bertz CT molecular complexity index is 734. The molecule has 0 saturated heterocycles. The fourth-order valence-corrected chi connectivity index (χ4v) is 3.08. The van der Waals surface area contributed by atoms with E-state index in [4.69, 9.17) is 4.74 Å². The van der Waals surface area contributed by atoms with E-state index in [9.17, 15) is 9.90 Å². The molecule has 26 heavy (non-hydrogen) atoms. The van der Waals surface area contributed by atoms with Gasteiger partial charge in [0.15, 0.2) is 5.78 Å². The van der Waals surface area contributed by atoms with E-state index in [0.29, 0.717) is 23.5 Å². The Morgan fingerprint density at radius 1 is 0.923 bits per heavy atom. The molecule has 2 aromatic carbocycles. The zero-order chi connectivity index (χ0) is 18.9. The molecule has 0 bridgehead atoms. The van der Waals surface area contributed by atoms with Crippen LogP contribution in [0.25, 0.3) is 0 Å². The summed E-state index contributed by atoms with van der Waals surface area (Å²) in [6.07, 6.45) is 6.37. The molecule has 0 radical (unpaired) electrons. The van der Waals surface area contributed by atoms with E-state index in [1.54, 1.807) is 12.1 Å². The zero-order valence-electron chi connectivity index (χ0n) is 16.2. The maximum absolute atomic E-state index is 13.0. The Morgan fingerprint density at radius 3 is 2.27 bits per heavy atom. The van der Waals surface area contributed by atoms with Crippen LogP contribution in [0, 0.1) is 0 Å². The van der Waals surface area contributed by atoms with Crippen molar-refractivity contribution in [1.82, 2.24) is 0 Å². The largest absolute Gasteiger partial charge is 0.507 e. The average molecular weight is 354 g/mol. The van der Waals surface area contributed by atoms with Crippen LogP contribution in [-0.2, 0) is 12.8 Å². The first-order valence-electron chi connectivity index (χ1n) is 9.73. The molecule has 0 amide bonds. The first kappa shape index (κ1) is 20.0. The van der Waals surface area contributed by atoms with Crippen molar-refractivity contribution < 1.29 is 14.6 Å². The number of ketones is 1. The molecular weight excluding hydrogens is 324 g/mol. The number of rotatable bonds is 10. The standard InChI is InChI=1S/C23H30O3/c1-4-7-9-17-11-13-20(18(15-17)10-8-5-2)23(25)21-14-12-19(26-6-3)16-22(21)24/h11-16,24H,4-10H2,1-3H3. The minimum atomic E-state index is -0.126. The molecule has 3 nitrogen and oxygen atoms in total. The second-order valence-electron chi connectivity index (χ2n) is 6.64. The van der Waals surface area contributed by atoms with Crippen molar-refractivity contribution in [1.29, 1.82) is 0 Å². The van der Waals surface area contributed by atoms with Gasteiger partial charge in [0.05, 0.1) is 12.2 Å². The number of aryl methyl sites for hydroxylation is 2. The lowest BCUT2D eigenvalue weighted by molar-refractivity contribution is 0.103. The Hall–Kier alpha value is -2.29. The molecule has 1 N–H and O–H groups in total. The third-order valence-corrected chi connectivity index (χ3v) is 4.56. The van der Waals surface area contributed by atoms with E-state index in [1.807, 2.05) is 19.1 Å². The minimum absolute atomic E-state index is 0.0301. The highest BCUT2D eigenvalue weighted by molar-refractivity contribution is 6.11. The van der Waals surface area contributed by atoms with E-state index < -0.39 is 0 Å². The molecule has 0 aliphatic carbocycles. The summed E-state index contributed by atoms with van der Waals surface area (Å²) >= 11 is 0. The van der Waals surface area contributed by atoms with E-state index >= 15 is 0 Å². The van der Waals surface area contributed by atoms with Gasteiger partial charge in [-0.2, -0.15) is 0 Å². The van der Waals surface area contributed by atoms with Gasteiger partial charge in [0.25, 0.3) is 0 Å². The molecule has 2 aromatic rings. The van der Waals surface area contributed by atoms with Gasteiger partial charge in [0, 0.05) is 11.6 Å². The minimum Gasteiger partial charge on any atom is -0.507 e. The monoisotopic (exact) mass is 354 g/mol. The normalized spacial score (nSPS) is 10.7. The molecule has 3 heteroatoms. The van der Waals surface area contributed by atoms with Crippen molar-refractivity contribution in [2.75, 3.05) is 6.61 Å². The predicted octanol–water partition coefficient (Wildman–Crippen LogP) is 5.71. The Kier molecular flexibility index (Phi) is 7.71. The molecule has 0 heterocycles. The van der Waals surface area contributed by atoms with E-state index in [1.165, 1.54) is 11.6 Å². The van der Waals surface area contributed by atoms with E-state index in [2.05, 4.69) is 19.9 Å². The van der Waals surface area contributed by atoms with Gasteiger partial charge in [-0.05, 0) is 55.9 Å². The zero-order valence-corrected chi connectivity index (χ0v) is 16.2. The summed E-state index contributed by atoms with van der Waals surface area (Å²) in [6, 6.07) is 11.0. The molecule has 0 aromatic heterocycles. The number of hydrogen-bond donors (Lipinski definition) is 1. The smallest absolute Gasteiger partial charge is 0.197 e. The number of carbonyl (C=O) groups is 1. The van der Waals surface area contributed by atoms with Crippen molar-refractivity contribution in [3.8, 4) is 11.5 Å². The summed E-state index contributed by atoms with van der Waals surface area (Å²) < 4.78 is 5.39. The summed E-state index contributed by atoms with van der Waals surface area (Å²) in [4.78, 5) is 13.0. The van der Waals surface area contributed by atoms with Crippen LogP contribution in [0.5, 0.6) is 11.5 Å². The first-order valence-corrected chi connectivity index (χ1v) is 9.73. The number of aromatic hydroxyl groups is 1. The topological polar surface area (TPSA) is 46.5 Å². The van der Waals surface area contributed by atoms with Crippen LogP contribution in [0.4, 0.5) is 0 Å². The first-order chi connectivity index (χ1) is 12.6. The van der Waals surface area contributed by atoms with Crippen LogP contribution in [0.1, 0.15) is 73.5 Å². The van der Waals surface area contributed by atoms with Gasteiger partial charge in [-0.15, -0.1) is 0 Å². The molecule has 0 atom stereocenters. The number of ether oxygens (including phenoxy) is 1. The number of benzene rings is 2. The second kappa shape index (κ2) is 10.0. The van der Waals surface area contributed by atoms with Gasteiger partial charge < -0.3 is 9.84 Å². The van der Waals surface area contributed by atoms with Gasteiger partial charge in [-0.25, -0.2) is 0 Å². The maximum atomic E-state index is 13.0. The summed E-state index contributed by atoms with van der Waals surface area (Å²) in [6.45, 7) is 6.74. The van der Waals surface area contributed by atoms with Crippen LogP contribution < -0.4 is 4.74 Å². The van der Waals surface area contributed by atoms with Gasteiger partial charge in [-0.1, -0.05) is 44.9 Å². The van der Waals surface area contributed by atoms with Gasteiger partial charge in [-0.3, -0.25) is 4.79 Å². The molecule has 0 saturated carbocycles. The van der Waals surface area contributed by atoms with Gasteiger partial charge >= 0.3 is 0 Å². The lowest BCUT2D eigenvalue weighted by Gasteiger charge is -2.13. The number of hydrogen-bond acceptors (Lipinski definition) is 3. The summed E-state index contributed by atoms with van der Waals surface area (Å²) in [5.74, 6) is 0.416. The Morgan fingerprint density at radius 2 is 1.62 bits per heavy atom. The molecule has 140 valence electrons. The highest BCUT2D eigenvalue weighted by atomic mass is 16.5. The van der Waals surface area contributed by atoms with Crippen molar-refractivity contribution in [2.24, 2.45) is 0 Å². The third-order valence-electron chi connectivity index (χ3n) is 4.56. The molecule has 2 rings (SSSR count). The van der Waals surface area contributed by atoms with Crippen LogP contribution in [0.2, 0.25) is 0 Å². The average Bonchev–Trinajstić information content (AvgIpc) is 2.64. The summed E-state index contributed by atoms with van der Waals surface area (Å²) in [7, 11) is 0. The van der Waals surface area contributed by atoms with Crippen molar-refractivity contribution in [3.63, 3.8) is 0 Å². The van der Waals surface area contributed by atoms with E-state index in [-0.39, 0.29) is 11.5 Å². The lowest BCUT2D eigenvalue weighted by atomic mass is 9.92. The summed E-state index contributed by atoms with van der Waals surface area (Å²) in [5, 5.41) is 10.3. The van der Waals surface area contributed by atoms with Crippen molar-refractivity contribution in [2.45, 2.75) is 59.3 Å². The van der Waals surface area contributed by atoms with Crippen LogP contribution in [0.3, 0.4) is 0 Å². The number of phenolic OH excluding ortho intramolecular Hbond substituents is 1. The third kappa shape index (κ3) is 5.10. The van der Waals surface area contributed by atoms with Crippen molar-refractivity contribution in [3.05, 3.63) is 58.7 Å². The predicted molar refractivity (Wildman–Crippen MR) is 106 cm³/mol. The molecule has 0 fully saturated rings. The molecule has 0 aliphatic rings. The Balaban J connectivity index is 2.34. The second-order valence-corrected chi connectivity index (χ2v) is 6.64. The van der Waals surface area contributed by atoms with Crippen LogP contribution >= 0.6 is 0 Å². The van der Waals surface area contributed by atoms with Gasteiger partial charge in [0.1, 0.15) is 11.5 Å². The Labute approximate surface area is 157 Å². The number of unbranched alkanes of at least 4 members (excludes halogenated alkanes) is 2. The quantitative estimate of drug-likeness (QED) is 0.556. The lowest BCUT2D eigenvalue weighted by Crippen LogP contribution is -2.07. The fraction of sp³-hybridized carbons (Fsp3) is 0.435. The molecule has 0 unspecified atom stereocenters. The van der Waals surface area contributed by atoms with E-state index in [0.717, 1.165) is 44.1 Å². The van der Waals surface area contributed by atoms with Crippen LogP contribution in [0.15, 0.2) is 36.4 Å². The maximum Gasteiger partial charge on any atom is 0.197 e. The van der Waals surface area contributed by atoms with Crippen molar-refractivity contribution >= 4 is 5.78 Å². The SMILES string of the molecule is CCCCc1ccc(C(=O)c2ccc(OCC)cc2O)c(CCCC)c1. The van der Waals surface area contributed by atoms with Crippen LogP contribution in [-0.4, -0.2) is 17.5 Å². The highest BCUT2D eigenvalue weighted by Crippen LogP contribution is 2.28. The van der Waals surface area contributed by atoms with Gasteiger partial charge in [0.2, 0.25) is 0 Å². The molecular formula is C23H30O3. The number of carbonyl (C=O) groups excluding carboxylic acids is 1. The summed E-state index contributed by atoms with van der Waals surface area (Å²) in [5.41, 5.74) is 3.38. The molecule has 0 aliphatic heterocycles. The number of phenols is 1. The molecule has 0 spiro atoms.